The van der Waals surface area contributed by atoms with Gasteiger partial charge in [0, 0.05) is 43.9 Å². The number of hydrogen-bond acceptors (Lipinski definition) is 3. The number of aryl methyl sites for hydroxylation is 2. The summed E-state index contributed by atoms with van der Waals surface area (Å²) in [6.45, 7) is 9.56. The van der Waals surface area contributed by atoms with Gasteiger partial charge in [0.25, 0.3) is 0 Å². The molecular formula is C26H32N4O. The molecule has 1 atom stereocenters. The van der Waals surface area contributed by atoms with Crippen molar-refractivity contribution in [2.24, 2.45) is 5.92 Å². The second-order valence-electron chi connectivity index (χ2n) is 8.78. The molecule has 1 aliphatic heterocycles. The number of nitrogens with one attached hydrogen (secondary N) is 1. The second-order valence-corrected chi connectivity index (χ2v) is 8.78. The zero-order valence-corrected chi connectivity index (χ0v) is 18.8. The molecule has 3 aromatic rings. The minimum absolute atomic E-state index is 0.0540. The SMILES string of the molecule is CC(=O)NC[C@H]1CCCN(Cc2cn(-c3cc(C)ccc3C)nc2-c2ccccc2)C1. The Hall–Kier alpha value is -2.92. The number of nitrogens with zero attached hydrogens (tertiary/aromatic N) is 3. The van der Waals surface area contributed by atoms with E-state index in [1.807, 2.05) is 10.7 Å². The Kier molecular flexibility index (Phi) is 6.52. The van der Waals surface area contributed by atoms with Crippen LogP contribution >= 0.6 is 0 Å². The van der Waals surface area contributed by atoms with Crippen molar-refractivity contribution in [3.05, 3.63) is 71.4 Å². The number of likely N-dealkylation sites (tertiary alicyclic amines) is 1. The van der Waals surface area contributed by atoms with Gasteiger partial charge in [-0.15, -0.1) is 0 Å². The second kappa shape index (κ2) is 9.48. The molecule has 0 bridgehead atoms. The molecule has 1 N–H and O–H groups in total. The standard InChI is InChI=1S/C26H32N4O/c1-19-11-12-20(2)25(14-19)30-18-24(26(28-30)23-9-5-4-6-10-23)17-29-13-7-8-22(16-29)15-27-21(3)31/h4-6,9-12,14,18,22H,7-8,13,15-17H2,1-3H3,(H,27,31)/t22-/m1/s1. The van der Waals surface area contributed by atoms with Crippen molar-refractivity contribution in [2.45, 2.75) is 40.2 Å². The molecule has 1 saturated heterocycles. The normalized spacial score (nSPS) is 16.9. The van der Waals surface area contributed by atoms with Gasteiger partial charge in [0.05, 0.1) is 11.4 Å². The Morgan fingerprint density at radius 3 is 2.74 bits per heavy atom. The van der Waals surface area contributed by atoms with Crippen molar-refractivity contribution in [1.82, 2.24) is 20.0 Å². The van der Waals surface area contributed by atoms with E-state index in [-0.39, 0.29) is 5.91 Å². The summed E-state index contributed by atoms with van der Waals surface area (Å²) in [6.07, 6.45) is 4.53. The van der Waals surface area contributed by atoms with Gasteiger partial charge in [0.15, 0.2) is 0 Å². The van der Waals surface area contributed by atoms with Crippen molar-refractivity contribution in [3.63, 3.8) is 0 Å². The quantitative estimate of drug-likeness (QED) is 0.643. The molecule has 162 valence electrons. The van der Waals surface area contributed by atoms with Crippen molar-refractivity contribution < 1.29 is 4.79 Å². The molecule has 31 heavy (non-hydrogen) atoms. The summed E-state index contributed by atoms with van der Waals surface area (Å²) in [5.74, 6) is 0.560. The van der Waals surface area contributed by atoms with Crippen LogP contribution in [0.3, 0.4) is 0 Å². The number of carbonyl (C=O) groups is 1. The van der Waals surface area contributed by atoms with Gasteiger partial charge in [-0.1, -0.05) is 42.5 Å². The third kappa shape index (κ3) is 5.23. The maximum Gasteiger partial charge on any atom is 0.216 e. The Labute approximate surface area is 185 Å². The number of aromatic nitrogens is 2. The number of rotatable bonds is 6. The van der Waals surface area contributed by atoms with Crippen LogP contribution in [-0.2, 0) is 11.3 Å². The lowest BCUT2D eigenvalue weighted by molar-refractivity contribution is -0.119. The van der Waals surface area contributed by atoms with E-state index in [4.69, 9.17) is 5.10 Å². The summed E-state index contributed by atoms with van der Waals surface area (Å²) >= 11 is 0. The van der Waals surface area contributed by atoms with Gasteiger partial charge >= 0.3 is 0 Å². The van der Waals surface area contributed by atoms with Crippen LogP contribution in [0.1, 0.15) is 36.5 Å². The highest BCUT2D eigenvalue weighted by Crippen LogP contribution is 2.27. The Balaban J connectivity index is 1.62. The third-order valence-electron chi connectivity index (χ3n) is 6.09. The van der Waals surface area contributed by atoms with Gasteiger partial charge in [0.1, 0.15) is 0 Å². The molecule has 2 aromatic carbocycles. The molecule has 0 radical (unpaired) electrons. The monoisotopic (exact) mass is 416 g/mol. The molecule has 1 amide bonds. The maximum absolute atomic E-state index is 11.3. The van der Waals surface area contributed by atoms with Crippen LogP contribution in [0.4, 0.5) is 0 Å². The predicted octanol–water partition coefficient (Wildman–Crippen LogP) is 4.50. The van der Waals surface area contributed by atoms with E-state index >= 15 is 0 Å². The molecule has 1 aliphatic rings. The largest absolute Gasteiger partial charge is 0.356 e. The molecule has 0 spiro atoms. The smallest absolute Gasteiger partial charge is 0.216 e. The molecule has 1 aromatic heterocycles. The Bertz CT molecular complexity index is 1040. The minimum Gasteiger partial charge on any atom is -0.356 e. The number of amides is 1. The van der Waals surface area contributed by atoms with Gasteiger partial charge in [-0.2, -0.15) is 5.10 Å². The molecule has 1 fully saturated rings. The van der Waals surface area contributed by atoms with Gasteiger partial charge in [-0.05, 0) is 56.3 Å². The molecule has 0 aliphatic carbocycles. The van der Waals surface area contributed by atoms with Crippen LogP contribution in [0.2, 0.25) is 0 Å². The molecule has 0 unspecified atom stereocenters. The average molecular weight is 417 g/mol. The summed E-state index contributed by atoms with van der Waals surface area (Å²) in [4.78, 5) is 13.8. The summed E-state index contributed by atoms with van der Waals surface area (Å²) in [5.41, 5.74) is 7.01. The van der Waals surface area contributed by atoms with Crippen LogP contribution < -0.4 is 5.32 Å². The Morgan fingerprint density at radius 1 is 1.16 bits per heavy atom. The summed E-state index contributed by atoms with van der Waals surface area (Å²) in [6, 6.07) is 17.0. The third-order valence-corrected chi connectivity index (χ3v) is 6.09. The first kappa shape index (κ1) is 21.3. The van der Waals surface area contributed by atoms with Crippen LogP contribution in [0.5, 0.6) is 0 Å². The van der Waals surface area contributed by atoms with E-state index in [2.05, 4.69) is 72.7 Å². The first-order chi connectivity index (χ1) is 15.0. The van der Waals surface area contributed by atoms with Crippen LogP contribution in [0.25, 0.3) is 16.9 Å². The summed E-state index contributed by atoms with van der Waals surface area (Å²) in [5, 5.41) is 8.02. The van der Waals surface area contributed by atoms with Crippen LogP contribution in [-0.4, -0.2) is 40.2 Å². The molecular weight excluding hydrogens is 384 g/mol. The van der Waals surface area contributed by atoms with Gasteiger partial charge in [-0.25, -0.2) is 4.68 Å². The van der Waals surface area contributed by atoms with Crippen LogP contribution in [0, 0.1) is 19.8 Å². The van der Waals surface area contributed by atoms with E-state index in [0.717, 1.165) is 49.5 Å². The lowest BCUT2D eigenvalue weighted by Gasteiger charge is -2.32. The lowest BCUT2D eigenvalue weighted by Crippen LogP contribution is -2.40. The first-order valence-corrected chi connectivity index (χ1v) is 11.2. The number of hydrogen-bond donors (Lipinski definition) is 1. The predicted molar refractivity (Wildman–Crippen MR) is 125 cm³/mol. The zero-order chi connectivity index (χ0) is 21.8. The average Bonchev–Trinajstić information content (AvgIpc) is 3.18. The van der Waals surface area contributed by atoms with E-state index in [0.29, 0.717) is 5.92 Å². The number of benzene rings is 2. The van der Waals surface area contributed by atoms with Crippen molar-refractivity contribution in [1.29, 1.82) is 0 Å². The van der Waals surface area contributed by atoms with E-state index < -0.39 is 0 Å². The van der Waals surface area contributed by atoms with Gasteiger partial charge in [0.2, 0.25) is 5.91 Å². The molecule has 2 heterocycles. The molecule has 0 saturated carbocycles. The highest BCUT2D eigenvalue weighted by atomic mass is 16.1. The van der Waals surface area contributed by atoms with Crippen LogP contribution in [0.15, 0.2) is 54.7 Å². The summed E-state index contributed by atoms with van der Waals surface area (Å²) < 4.78 is 2.04. The van der Waals surface area contributed by atoms with Gasteiger partial charge < -0.3 is 5.32 Å². The fourth-order valence-corrected chi connectivity index (χ4v) is 4.44. The molecule has 5 nitrogen and oxygen atoms in total. The van der Waals surface area contributed by atoms with Crippen molar-refractivity contribution in [2.75, 3.05) is 19.6 Å². The topological polar surface area (TPSA) is 50.2 Å². The van der Waals surface area contributed by atoms with Crippen molar-refractivity contribution in [3.8, 4) is 16.9 Å². The number of piperidine rings is 1. The van der Waals surface area contributed by atoms with E-state index in [1.54, 1.807) is 6.92 Å². The van der Waals surface area contributed by atoms with E-state index in [1.165, 1.54) is 23.1 Å². The lowest BCUT2D eigenvalue weighted by atomic mass is 9.97. The highest BCUT2D eigenvalue weighted by Gasteiger charge is 2.22. The molecule has 5 heteroatoms. The van der Waals surface area contributed by atoms with E-state index in [9.17, 15) is 4.79 Å². The Morgan fingerprint density at radius 2 is 1.97 bits per heavy atom. The summed E-state index contributed by atoms with van der Waals surface area (Å²) in [7, 11) is 0. The van der Waals surface area contributed by atoms with Gasteiger partial charge in [-0.3, -0.25) is 9.69 Å². The first-order valence-electron chi connectivity index (χ1n) is 11.2. The number of carbonyl (C=O) groups excluding carboxylic acids is 1. The fraction of sp³-hybridized carbons (Fsp3) is 0.385. The molecule has 4 rings (SSSR count). The highest BCUT2D eigenvalue weighted by molar-refractivity contribution is 5.72. The zero-order valence-electron chi connectivity index (χ0n) is 18.8. The fourth-order valence-electron chi connectivity index (χ4n) is 4.44. The minimum atomic E-state index is 0.0540. The van der Waals surface area contributed by atoms with Crippen molar-refractivity contribution >= 4 is 5.91 Å². The maximum atomic E-state index is 11.3.